The standard InChI is InChI=1S/C26H23N3O6S/c1-4-34-25(33)23-14(3)28-26(36-23)29-20(16-6-5-9-27-12-16)19(22(31)24(29)32)21(30)15-7-8-18-17(11-15)10-13(2)35-18/h5-9,11-13,20,30H,4,10H2,1-3H3/t13-,20-/m1/s1. The van der Waals surface area contributed by atoms with Gasteiger partial charge in [0.25, 0.3) is 5.78 Å². The molecule has 3 aromatic rings. The molecule has 1 aromatic carbocycles. The summed E-state index contributed by atoms with van der Waals surface area (Å²) in [7, 11) is 0. The lowest BCUT2D eigenvalue weighted by Gasteiger charge is -2.22. The third-order valence-corrected chi connectivity index (χ3v) is 7.20. The van der Waals surface area contributed by atoms with E-state index in [1.165, 1.54) is 11.1 Å². The number of pyridine rings is 1. The predicted molar refractivity (Wildman–Crippen MR) is 132 cm³/mol. The maximum absolute atomic E-state index is 13.3. The molecule has 2 aliphatic rings. The van der Waals surface area contributed by atoms with Gasteiger partial charge >= 0.3 is 11.9 Å². The third kappa shape index (κ3) is 3.93. The quantitative estimate of drug-likeness (QED) is 0.239. The van der Waals surface area contributed by atoms with Crippen LogP contribution in [-0.4, -0.2) is 45.4 Å². The van der Waals surface area contributed by atoms with E-state index in [0.29, 0.717) is 23.2 Å². The van der Waals surface area contributed by atoms with Crippen LogP contribution in [0.1, 0.15) is 51.9 Å². The Bertz CT molecular complexity index is 1410. The van der Waals surface area contributed by atoms with E-state index in [1.807, 2.05) is 6.92 Å². The van der Waals surface area contributed by atoms with E-state index in [2.05, 4.69) is 9.97 Å². The number of fused-ring (bicyclic) bond motifs is 1. The van der Waals surface area contributed by atoms with E-state index in [-0.39, 0.29) is 34.1 Å². The van der Waals surface area contributed by atoms with Gasteiger partial charge in [0.05, 0.1) is 23.9 Å². The number of carbonyl (C=O) groups excluding carboxylic acids is 3. The number of esters is 1. The summed E-state index contributed by atoms with van der Waals surface area (Å²) in [6, 6.07) is 7.59. The fraction of sp³-hybridized carbons (Fsp3) is 0.269. The fourth-order valence-electron chi connectivity index (χ4n) is 4.48. The number of hydrogen-bond acceptors (Lipinski definition) is 9. The van der Waals surface area contributed by atoms with E-state index in [1.54, 1.807) is 50.4 Å². The van der Waals surface area contributed by atoms with Crippen molar-refractivity contribution in [2.75, 3.05) is 11.5 Å². The molecule has 0 spiro atoms. The van der Waals surface area contributed by atoms with Crippen LogP contribution in [-0.2, 0) is 20.7 Å². The van der Waals surface area contributed by atoms with Gasteiger partial charge in [-0.1, -0.05) is 17.4 Å². The van der Waals surface area contributed by atoms with E-state index in [9.17, 15) is 19.5 Å². The number of aromatic nitrogens is 2. The highest BCUT2D eigenvalue weighted by Crippen LogP contribution is 2.44. The van der Waals surface area contributed by atoms with Crippen LogP contribution in [0.4, 0.5) is 5.13 Å². The molecule has 0 aliphatic carbocycles. The molecule has 2 atom stereocenters. The van der Waals surface area contributed by atoms with Gasteiger partial charge in [-0.25, -0.2) is 9.78 Å². The van der Waals surface area contributed by atoms with Crippen LogP contribution in [0.2, 0.25) is 0 Å². The van der Waals surface area contributed by atoms with Crippen LogP contribution in [0.3, 0.4) is 0 Å². The summed E-state index contributed by atoms with van der Waals surface area (Å²) >= 11 is 0.961. The highest BCUT2D eigenvalue weighted by atomic mass is 32.1. The maximum Gasteiger partial charge on any atom is 0.350 e. The van der Waals surface area contributed by atoms with Crippen molar-refractivity contribution in [3.05, 3.63) is 75.6 Å². The average molecular weight is 506 g/mol. The van der Waals surface area contributed by atoms with Crippen molar-refractivity contribution < 1.29 is 29.0 Å². The molecule has 0 radical (unpaired) electrons. The summed E-state index contributed by atoms with van der Waals surface area (Å²) in [4.78, 5) is 49.0. The smallest absolute Gasteiger partial charge is 0.350 e. The zero-order chi connectivity index (χ0) is 25.6. The van der Waals surface area contributed by atoms with Crippen molar-refractivity contribution in [2.24, 2.45) is 0 Å². The Morgan fingerprint density at radius 3 is 2.83 bits per heavy atom. The van der Waals surface area contributed by atoms with Gasteiger partial charge in [0.1, 0.15) is 22.5 Å². The van der Waals surface area contributed by atoms with Gasteiger partial charge in [-0.2, -0.15) is 0 Å². The second-order valence-corrected chi connectivity index (χ2v) is 9.52. The number of aliphatic hydroxyl groups is 1. The van der Waals surface area contributed by atoms with E-state index in [0.717, 1.165) is 22.6 Å². The van der Waals surface area contributed by atoms with Crippen LogP contribution >= 0.6 is 11.3 Å². The van der Waals surface area contributed by atoms with Crippen molar-refractivity contribution in [1.82, 2.24) is 9.97 Å². The molecular formula is C26H23N3O6S. The second kappa shape index (κ2) is 9.19. The minimum Gasteiger partial charge on any atom is -0.507 e. The van der Waals surface area contributed by atoms with Gasteiger partial charge in [0, 0.05) is 24.4 Å². The van der Waals surface area contributed by atoms with Crippen LogP contribution in [0.5, 0.6) is 5.75 Å². The van der Waals surface area contributed by atoms with Gasteiger partial charge in [0.15, 0.2) is 5.13 Å². The number of Topliss-reactive ketones (excluding diaryl/α,β-unsaturated/α-hetero) is 1. The number of rotatable bonds is 5. The van der Waals surface area contributed by atoms with Gasteiger partial charge < -0.3 is 14.6 Å². The van der Waals surface area contributed by atoms with Crippen molar-refractivity contribution in [3.8, 4) is 5.75 Å². The summed E-state index contributed by atoms with van der Waals surface area (Å²) in [6.45, 7) is 5.47. The Balaban J connectivity index is 1.65. The lowest BCUT2D eigenvalue weighted by atomic mass is 9.95. The van der Waals surface area contributed by atoms with Crippen molar-refractivity contribution in [1.29, 1.82) is 0 Å². The average Bonchev–Trinajstić information content (AvgIpc) is 3.51. The number of ketones is 1. The first-order chi connectivity index (χ1) is 17.3. The molecule has 36 heavy (non-hydrogen) atoms. The highest BCUT2D eigenvalue weighted by Gasteiger charge is 2.48. The maximum atomic E-state index is 13.3. The summed E-state index contributed by atoms with van der Waals surface area (Å²) < 4.78 is 10.8. The summed E-state index contributed by atoms with van der Waals surface area (Å²) in [5.74, 6) is -1.83. The zero-order valence-corrected chi connectivity index (χ0v) is 20.7. The van der Waals surface area contributed by atoms with Gasteiger partial charge in [0.2, 0.25) is 0 Å². The summed E-state index contributed by atoms with van der Waals surface area (Å²) in [6.07, 6.45) is 3.79. The van der Waals surface area contributed by atoms with E-state index in [4.69, 9.17) is 9.47 Å². The predicted octanol–water partition coefficient (Wildman–Crippen LogP) is 3.97. The number of thiazole rings is 1. The van der Waals surface area contributed by atoms with Crippen LogP contribution < -0.4 is 9.64 Å². The first kappa shape index (κ1) is 23.7. The van der Waals surface area contributed by atoms with E-state index < -0.39 is 23.7 Å². The number of amides is 1. The number of hydrogen-bond donors (Lipinski definition) is 1. The molecule has 0 bridgehead atoms. The molecule has 0 unspecified atom stereocenters. The minimum atomic E-state index is -0.984. The molecule has 1 amide bonds. The Labute approximate surface area is 211 Å². The topological polar surface area (TPSA) is 119 Å². The molecule has 1 saturated heterocycles. The zero-order valence-electron chi connectivity index (χ0n) is 19.8. The van der Waals surface area contributed by atoms with Gasteiger partial charge in [-0.05, 0) is 56.2 Å². The van der Waals surface area contributed by atoms with Gasteiger partial charge in [-0.15, -0.1) is 0 Å². The molecule has 4 heterocycles. The molecule has 0 saturated carbocycles. The van der Waals surface area contributed by atoms with Crippen molar-refractivity contribution >= 4 is 39.9 Å². The summed E-state index contributed by atoms with van der Waals surface area (Å²) in [5, 5.41) is 11.5. The fourth-order valence-corrected chi connectivity index (χ4v) is 5.47. The first-order valence-electron chi connectivity index (χ1n) is 11.5. The van der Waals surface area contributed by atoms with Crippen LogP contribution in [0.25, 0.3) is 5.76 Å². The number of aryl methyl sites for hydroxylation is 1. The molecule has 2 aliphatic heterocycles. The first-order valence-corrected chi connectivity index (χ1v) is 12.3. The highest BCUT2D eigenvalue weighted by molar-refractivity contribution is 7.17. The minimum absolute atomic E-state index is 0.0140. The van der Waals surface area contributed by atoms with Gasteiger partial charge in [-0.3, -0.25) is 19.5 Å². The molecule has 9 nitrogen and oxygen atoms in total. The monoisotopic (exact) mass is 505 g/mol. The van der Waals surface area contributed by atoms with E-state index >= 15 is 0 Å². The van der Waals surface area contributed by atoms with Crippen LogP contribution in [0, 0.1) is 6.92 Å². The number of aliphatic hydroxyl groups excluding tert-OH is 1. The molecule has 1 N–H and O–H groups in total. The Hall–Kier alpha value is -4.05. The molecule has 5 rings (SSSR count). The Kier molecular flexibility index (Phi) is 6.05. The third-order valence-electron chi connectivity index (χ3n) is 6.07. The largest absolute Gasteiger partial charge is 0.507 e. The Morgan fingerprint density at radius 2 is 2.11 bits per heavy atom. The molecule has 2 aromatic heterocycles. The normalized spacial score (nSPS) is 20.4. The lowest BCUT2D eigenvalue weighted by molar-refractivity contribution is -0.132. The number of anilines is 1. The summed E-state index contributed by atoms with van der Waals surface area (Å²) in [5.41, 5.74) is 2.13. The number of nitrogens with zero attached hydrogens (tertiary/aromatic N) is 3. The Morgan fingerprint density at radius 1 is 1.31 bits per heavy atom. The van der Waals surface area contributed by atoms with Crippen molar-refractivity contribution in [3.63, 3.8) is 0 Å². The molecule has 184 valence electrons. The molecule has 10 heteroatoms. The van der Waals surface area contributed by atoms with Crippen LogP contribution in [0.15, 0.2) is 48.3 Å². The number of ether oxygens (including phenoxy) is 2. The molecule has 1 fully saturated rings. The SMILES string of the molecule is CCOC(=O)c1sc(N2C(=O)C(=O)C(=C(O)c3ccc4c(c3)C[C@@H](C)O4)[C@H]2c2cccnc2)nc1C. The number of benzene rings is 1. The lowest BCUT2D eigenvalue weighted by Crippen LogP contribution is -2.29. The number of carbonyl (C=O) groups is 3. The van der Waals surface area contributed by atoms with Crippen molar-refractivity contribution in [2.45, 2.75) is 39.3 Å². The molecular weight excluding hydrogens is 482 g/mol. The second-order valence-electron chi connectivity index (χ2n) is 8.54.